The number of ether oxygens (including phenoxy) is 1. The molecule has 1 saturated heterocycles. The molecule has 1 aromatic rings. The molecule has 8 heteroatoms. The Morgan fingerprint density at radius 2 is 1.81 bits per heavy atom. The summed E-state index contributed by atoms with van der Waals surface area (Å²) in [6, 6.07) is 6.75. The minimum absolute atomic E-state index is 0.0652. The third kappa shape index (κ3) is 3.05. The largest absolute Gasteiger partial charge is 0.444 e. The summed E-state index contributed by atoms with van der Waals surface area (Å²) >= 11 is 0. The Morgan fingerprint density at radius 3 is 2.41 bits per heavy atom. The molecule has 4 rings (SSSR count). The second-order valence-electron chi connectivity index (χ2n) is 7.96. The van der Waals surface area contributed by atoms with Crippen molar-refractivity contribution >= 4 is 23.6 Å². The van der Waals surface area contributed by atoms with Crippen molar-refractivity contribution in [3.63, 3.8) is 0 Å². The quantitative estimate of drug-likeness (QED) is 0.741. The number of imide groups is 1. The molecule has 1 fully saturated rings. The molecule has 27 heavy (non-hydrogen) atoms. The van der Waals surface area contributed by atoms with E-state index in [4.69, 9.17) is 9.57 Å². The van der Waals surface area contributed by atoms with E-state index in [0.29, 0.717) is 29.9 Å². The van der Waals surface area contributed by atoms with Gasteiger partial charge in [-0.25, -0.2) is 4.79 Å². The van der Waals surface area contributed by atoms with Gasteiger partial charge in [0, 0.05) is 6.54 Å². The first-order chi connectivity index (χ1) is 12.7. The summed E-state index contributed by atoms with van der Waals surface area (Å²) in [5.74, 6) is -0.811. The van der Waals surface area contributed by atoms with Crippen LogP contribution >= 0.6 is 0 Å². The number of likely N-dealkylation sites (tertiary alicyclic amines) is 1. The highest BCUT2D eigenvalue weighted by molar-refractivity contribution is 6.22. The van der Waals surface area contributed by atoms with Crippen molar-refractivity contribution in [3.8, 4) is 0 Å². The monoisotopic (exact) mass is 371 g/mol. The van der Waals surface area contributed by atoms with E-state index in [2.05, 4.69) is 5.16 Å². The minimum Gasteiger partial charge on any atom is -0.444 e. The number of hydrogen-bond acceptors (Lipinski definition) is 6. The smallest absolute Gasteiger partial charge is 0.410 e. The first-order valence-electron chi connectivity index (χ1n) is 8.90. The number of rotatable bonds is 2. The molecule has 0 saturated carbocycles. The topological polar surface area (TPSA) is 88.5 Å². The fraction of sp³-hybridized carbons (Fsp3) is 0.474. The molecule has 0 aromatic heterocycles. The standard InChI is InChI=1S/C19H21N3O5/c1-19(2,3)26-18(25)21-8-13-14(20-27-15(13)10-21)9-22-16(23)11-6-4-5-7-12(11)17(22)24/h4-7,13,15H,8-10H2,1-3H3. The summed E-state index contributed by atoms with van der Waals surface area (Å²) in [6.45, 7) is 6.26. The van der Waals surface area contributed by atoms with Gasteiger partial charge < -0.3 is 14.5 Å². The lowest BCUT2D eigenvalue weighted by atomic mass is 10.0. The van der Waals surface area contributed by atoms with E-state index >= 15 is 0 Å². The molecular formula is C19H21N3O5. The van der Waals surface area contributed by atoms with Crippen molar-refractivity contribution in [1.29, 1.82) is 0 Å². The van der Waals surface area contributed by atoms with E-state index in [-0.39, 0.29) is 30.4 Å². The molecule has 3 aliphatic heterocycles. The molecule has 2 atom stereocenters. The summed E-state index contributed by atoms with van der Waals surface area (Å²) in [6.07, 6.45) is -0.678. The van der Waals surface area contributed by atoms with Gasteiger partial charge in [0.25, 0.3) is 11.8 Å². The van der Waals surface area contributed by atoms with E-state index in [1.165, 1.54) is 4.90 Å². The summed E-state index contributed by atoms with van der Waals surface area (Å²) in [5.41, 5.74) is 0.827. The summed E-state index contributed by atoms with van der Waals surface area (Å²) in [5, 5.41) is 4.08. The first-order valence-corrected chi connectivity index (χ1v) is 8.90. The predicted molar refractivity (Wildman–Crippen MR) is 95.4 cm³/mol. The number of amides is 3. The van der Waals surface area contributed by atoms with Crippen molar-refractivity contribution in [2.24, 2.45) is 11.1 Å². The number of nitrogens with zero attached hydrogens (tertiary/aromatic N) is 3. The van der Waals surface area contributed by atoms with Crippen LogP contribution in [0.15, 0.2) is 29.4 Å². The van der Waals surface area contributed by atoms with Crippen LogP contribution in [0, 0.1) is 5.92 Å². The van der Waals surface area contributed by atoms with Crippen LogP contribution in [0.25, 0.3) is 0 Å². The second kappa shape index (κ2) is 6.07. The third-order valence-corrected chi connectivity index (χ3v) is 4.85. The van der Waals surface area contributed by atoms with Gasteiger partial charge in [-0.05, 0) is 32.9 Å². The van der Waals surface area contributed by atoms with Crippen LogP contribution in [0.3, 0.4) is 0 Å². The van der Waals surface area contributed by atoms with Crippen molar-refractivity contribution in [3.05, 3.63) is 35.4 Å². The van der Waals surface area contributed by atoms with Crippen LogP contribution < -0.4 is 0 Å². The van der Waals surface area contributed by atoms with Gasteiger partial charge in [-0.2, -0.15) is 0 Å². The van der Waals surface area contributed by atoms with Gasteiger partial charge >= 0.3 is 6.09 Å². The maximum absolute atomic E-state index is 12.5. The molecule has 3 aliphatic rings. The fourth-order valence-corrected chi connectivity index (χ4v) is 3.57. The van der Waals surface area contributed by atoms with Crippen molar-refractivity contribution in [2.75, 3.05) is 19.6 Å². The Bertz CT molecular complexity index is 822. The van der Waals surface area contributed by atoms with Gasteiger partial charge in [-0.3, -0.25) is 14.5 Å². The summed E-state index contributed by atoms with van der Waals surface area (Å²) in [4.78, 5) is 45.6. The average molecular weight is 371 g/mol. The third-order valence-electron chi connectivity index (χ3n) is 4.85. The maximum atomic E-state index is 12.5. The zero-order chi connectivity index (χ0) is 19.3. The Labute approximate surface area is 156 Å². The van der Waals surface area contributed by atoms with E-state index < -0.39 is 11.7 Å². The number of carbonyl (C=O) groups is 3. The van der Waals surface area contributed by atoms with Crippen LogP contribution in [0.1, 0.15) is 41.5 Å². The Balaban J connectivity index is 1.44. The highest BCUT2D eigenvalue weighted by Crippen LogP contribution is 2.30. The number of benzene rings is 1. The van der Waals surface area contributed by atoms with Crippen LogP contribution in [-0.4, -0.2) is 64.8 Å². The van der Waals surface area contributed by atoms with Gasteiger partial charge in [0.1, 0.15) is 5.60 Å². The first kappa shape index (κ1) is 17.5. The zero-order valence-corrected chi connectivity index (χ0v) is 15.5. The molecular weight excluding hydrogens is 350 g/mol. The highest BCUT2D eigenvalue weighted by Gasteiger charge is 2.47. The lowest BCUT2D eigenvalue weighted by molar-refractivity contribution is 0.0227. The van der Waals surface area contributed by atoms with Crippen LogP contribution in [0.2, 0.25) is 0 Å². The molecule has 0 bridgehead atoms. The Hall–Kier alpha value is -2.90. The number of oxime groups is 1. The molecule has 0 aliphatic carbocycles. The maximum Gasteiger partial charge on any atom is 0.410 e. The average Bonchev–Trinajstić information content (AvgIpc) is 3.24. The van der Waals surface area contributed by atoms with Gasteiger partial charge in [-0.15, -0.1) is 0 Å². The molecule has 3 amide bonds. The molecule has 142 valence electrons. The molecule has 2 unspecified atom stereocenters. The number of fused-ring (bicyclic) bond motifs is 2. The van der Waals surface area contributed by atoms with Gasteiger partial charge in [-0.1, -0.05) is 17.3 Å². The highest BCUT2D eigenvalue weighted by atomic mass is 16.6. The molecule has 0 N–H and O–H groups in total. The fourth-order valence-electron chi connectivity index (χ4n) is 3.57. The van der Waals surface area contributed by atoms with Crippen LogP contribution in [-0.2, 0) is 9.57 Å². The van der Waals surface area contributed by atoms with Gasteiger partial charge in [0.2, 0.25) is 0 Å². The summed E-state index contributed by atoms with van der Waals surface area (Å²) < 4.78 is 5.40. The van der Waals surface area contributed by atoms with Gasteiger partial charge in [0.05, 0.1) is 35.8 Å². The van der Waals surface area contributed by atoms with Crippen molar-refractivity contribution < 1.29 is 24.0 Å². The lowest BCUT2D eigenvalue weighted by Gasteiger charge is -2.24. The SMILES string of the molecule is CC(C)(C)OC(=O)N1CC2ON=C(CN3C(=O)c4ccccc4C3=O)C2C1. The van der Waals surface area contributed by atoms with E-state index in [1.54, 1.807) is 29.2 Å². The van der Waals surface area contributed by atoms with Crippen LogP contribution in [0.4, 0.5) is 4.79 Å². The van der Waals surface area contributed by atoms with Crippen LogP contribution in [0.5, 0.6) is 0 Å². The summed E-state index contributed by atoms with van der Waals surface area (Å²) in [7, 11) is 0. The Kier molecular flexibility index (Phi) is 3.94. The number of hydrogen-bond donors (Lipinski definition) is 0. The number of carbonyl (C=O) groups excluding carboxylic acids is 3. The second-order valence-corrected chi connectivity index (χ2v) is 7.96. The van der Waals surface area contributed by atoms with Crippen molar-refractivity contribution in [1.82, 2.24) is 9.80 Å². The zero-order valence-electron chi connectivity index (χ0n) is 15.5. The normalized spacial score (nSPS) is 23.9. The molecule has 0 radical (unpaired) electrons. The van der Waals surface area contributed by atoms with E-state index in [0.717, 1.165) is 0 Å². The molecule has 8 nitrogen and oxygen atoms in total. The van der Waals surface area contributed by atoms with Crippen molar-refractivity contribution in [2.45, 2.75) is 32.5 Å². The molecule has 0 spiro atoms. The predicted octanol–water partition coefficient (Wildman–Crippen LogP) is 1.90. The molecule has 1 aromatic carbocycles. The Morgan fingerprint density at radius 1 is 1.19 bits per heavy atom. The molecule has 3 heterocycles. The minimum atomic E-state index is -0.577. The van der Waals surface area contributed by atoms with E-state index in [9.17, 15) is 14.4 Å². The van der Waals surface area contributed by atoms with E-state index in [1.807, 2.05) is 20.8 Å². The van der Waals surface area contributed by atoms with Gasteiger partial charge in [0.15, 0.2) is 6.10 Å². The lowest BCUT2D eigenvalue weighted by Crippen LogP contribution is -2.39.